The van der Waals surface area contributed by atoms with E-state index in [4.69, 9.17) is 4.74 Å². The molecule has 1 aliphatic heterocycles. The van der Waals surface area contributed by atoms with Crippen molar-refractivity contribution in [3.63, 3.8) is 0 Å². The summed E-state index contributed by atoms with van der Waals surface area (Å²) in [5.41, 5.74) is 2.40. The maximum atomic E-state index is 12.9. The molecule has 4 rings (SSSR count). The van der Waals surface area contributed by atoms with Crippen LogP contribution in [0.1, 0.15) is 40.4 Å². The van der Waals surface area contributed by atoms with E-state index in [0.29, 0.717) is 0 Å². The molecule has 0 saturated carbocycles. The topological polar surface area (TPSA) is 42.5 Å². The summed E-state index contributed by atoms with van der Waals surface area (Å²) >= 11 is 0. The molecule has 2 aliphatic rings. The molecule has 1 aromatic heterocycles. The number of epoxide rings is 1. The third-order valence-electron chi connectivity index (χ3n) is 4.34. The molecule has 1 saturated heterocycles. The first-order chi connectivity index (χ1) is 9.81. The third kappa shape index (κ3) is 1.63. The van der Waals surface area contributed by atoms with Gasteiger partial charge >= 0.3 is 0 Å². The highest BCUT2D eigenvalue weighted by Gasteiger charge is 2.62. The number of ketones is 1. The highest BCUT2D eigenvalue weighted by Crippen LogP contribution is 2.55. The van der Waals surface area contributed by atoms with Crippen LogP contribution in [0.4, 0.5) is 0 Å². The van der Waals surface area contributed by atoms with E-state index in [-0.39, 0.29) is 11.9 Å². The minimum Gasteiger partial charge on any atom is -0.352 e. The molecule has 0 N–H and O–H groups in total. The first-order valence-corrected chi connectivity index (χ1v) is 7.02. The molecule has 1 aliphatic carbocycles. The minimum absolute atomic E-state index is 0.107. The second-order valence-corrected chi connectivity index (χ2v) is 5.51. The lowest BCUT2D eigenvalue weighted by molar-refractivity contribution is 0.0867. The smallest absolute Gasteiger partial charge is 0.197 e. The monoisotopic (exact) mass is 265 g/mol. The quantitative estimate of drug-likeness (QED) is 0.744. The average Bonchev–Trinajstić information content (AvgIpc) is 3.25. The van der Waals surface area contributed by atoms with Gasteiger partial charge in [-0.3, -0.25) is 9.78 Å². The molecule has 20 heavy (non-hydrogen) atoms. The number of rotatable bonds is 1. The SMILES string of the molecule is O=C1c2ccccc2CCCC12OC2c1ccncc1. The number of carbonyl (C=O) groups excluding carboxylic acids is 1. The van der Waals surface area contributed by atoms with E-state index in [2.05, 4.69) is 11.1 Å². The van der Waals surface area contributed by atoms with Crippen molar-refractivity contribution in [2.45, 2.75) is 31.0 Å². The van der Waals surface area contributed by atoms with E-state index in [9.17, 15) is 4.79 Å². The third-order valence-corrected chi connectivity index (χ3v) is 4.34. The predicted octanol–water partition coefficient (Wildman–Crippen LogP) is 3.11. The van der Waals surface area contributed by atoms with Crippen LogP contribution in [0.3, 0.4) is 0 Å². The molecule has 0 amide bonds. The van der Waals surface area contributed by atoms with Gasteiger partial charge in [0.25, 0.3) is 0 Å². The van der Waals surface area contributed by atoms with Crippen LogP contribution in [0.15, 0.2) is 48.8 Å². The molecular weight excluding hydrogens is 250 g/mol. The Morgan fingerprint density at radius 3 is 2.80 bits per heavy atom. The fraction of sp³-hybridized carbons (Fsp3) is 0.294. The number of fused-ring (bicyclic) bond motifs is 1. The van der Waals surface area contributed by atoms with Gasteiger partial charge in [-0.2, -0.15) is 0 Å². The number of Topliss-reactive ketones (excluding diaryl/α,β-unsaturated/α-hetero) is 1. The summed E-state index contributed by atoms with van der Waals surface area (Å²) in [4.78, 5) is 16.9. The van der Waals surface area contributed by atoms with Gasteiger partial charge in [0.1, 0.15) is 6.10 Å². The number of ether oxygens (including phenoxy) is 1. The summed E-state index contributed by atoms with van der Waals surface area (Å²) in [5.74, 6) is 0.146. The maximum Gasteiger partial charge on any atom is 0.197 e. The van der Waals surface area contributed by atoms with Crippen molar-refractivity contribution in [1.82, 2.24) is 4.98 Å². The number of aryl methyl sites for hydroxylation is 1. The lowest BCUT2D eigenvalue weighted by Crippen LogP contribution is -2.24. The Hall–Kier alpha value is -2.00. The van der Waals surface area contributed by atoms with Crippen molar-refractivity contribution in [2.75, 3.05) is 0 Å². The molecule has 2 aromatic rings. The molecule has 1 spiro atoms. The van der Waals surface area contributed by atoms with E-state index in [1.54, 1.807) is 12.4 Å². The van der Waals surface area contributed by atoms with Gasteiger partial charge in [0.15, 0.2) is 11.4 Å². The first-order valence-electron chi connectivity index (χ1n) is 7.02. The van der Waals surface area contributed by atoms with Gasteiger partial charge in [-0.1, -0.05) is 24.3 Å². The number of aromatic nitrogens is 1. The van der Waals surface area contributed by atoms with Gasteiger partial charge in [-0.15, -0.1) is 0 Å². The van der Waals surface area contributed by atoms with Crippen molar-refractivity contribution in [1.29, 1.82) is 0 Å². The predicted molar refractivity (Wildman–Crippen MR) is 74.5 cm³/mol. The molecule has 1 fully saturated rings. The summed E-state index contributed by atoms with van der Waals surface area (Å²) in [6.07, 6.45) is 6.14. The minimum atomic E-state index is -0.631. The summed E-state index contributed by atoms with van der Waals surface area (Å²) in [6, 6.07) is 11.8. The Labute approximate surface area is 117 Å². The summed E-state index contributed by atoms with van der Waals surface area (Å²) in [6.45, 7) is 0. The Morgan fingerprint density at radius 2 is 1.95 bits per heavy atom. The number of benzene rings is 1. The zero-order valence-corrected chi connectivity index (χ0v) is 11.1. The zero-order chi connectivity index (χ0) is 13.6. The number of hydrogen-bond donors (Lipinski definition) is 0. The first kappa shape index (κ1) is 11.8. The molecule has 2 atom stereocenters. The lowest BCUT2D eigenvalue weighted by Gasteiger charge is -2.09. The molecule has 0 radical (unpaired) electrons. The van der Waals surface area contributed by atoms with Crippen LogP contribution in [0.25, 0.3) is 0 Å². The van der Waals surface area contributed by atoms with Gasteiger partial charge in [-0.25, -0.2) is 0 Å². The number of pyridine rings is 1. The van der Waals surface area contributed by atoms with Gasteiger partial charge in [-0.05, 0) is 42.5 Å². The fourth-order valence-corrected chi connectivity index (χ4v) is 3.26. The molecule has 100 valence electrons. The van der Waals surface area contributed by atoms with Crippen LogP contribution in [-0.4, -0.2) is 16.4 Å². The van der Waals surface area contributed by atoms with Crippen LogP contribution in [0, 0.1) is 0 Å². The van der Waals surface area contributed by atoms with Gasteiger partial charge < -0.3 is 4.74 Å². The standard InChI is InChI=1S/C17H15NO2/c19-15-14-6-2-1-4-12(14)5-3-9-17(15)16(20-17)13-7-10-18-11-8-13/h1-2,4,6-8,10-11,16H,3,5,9H2. The van der Waals surface area contributed by atoms with Gasteiger partial charge in [0.2, 0.25) is 0 Å². The van der Waals surface area contributed by atoms with Crippen LogP contribution in [0.2, 0.25) is 0 Å². The van der Waals surface area contributed by atoms with Crippen LogP contribution < -0.4 is 0 Å². The molecular formula is C17H15NO2. The Kier molecular flexibility index (Phi) is 2.51. The van der Waals surface area contributed by atoms with Crippen molar-refractivity contribution in [2.24, 2.45) is 0 Å². The Morgan fingerprint density at radius 1 is 1.15 bits per heavy atom. The van der Waals surface area contributed by atoms with E-state index in [1.165, 1.54) is 0 Å². The summed E-state index contributed by atoms with van der Waals surface area (Å²) < 4.78 is 5.90. The van der Waals surface area contributed by atoms with Crippen LogP contribution in [0.5, 0.6) is 0 Å². The number of nitrogens with zero attached hydrogens (tertiary/aromatic N) is 1. The normalized spacial score (nSPS) is 28.0. The number of hydrogen-bond acceptors (Lipinski definition) is 3. The molecule has 0 bridgehead atoms. The van der Waals surface area contributed by atoms with E-state index in [1.807, 2.05) is 30.3 Å². The number of carbonyl (C=O) groups is 1. The second kappa shape index (κ2) is 4.25. The largest absolute Gasteiger partial charge is 0.352 e. The van der Waals surface area contributed by atoms with E-state index in [0.717, 1.165) is 36.0 Å². The van der Waals surface area contributed by atoms with E-state index >= 15 is 0 Å². The van der Waals surface area contributed by atoms with Crippen molar-refractivity contribution in [3.05, 3.63) is 65.5 Å². The van der Waals surface area contributed by atoms with Crippen LogP contribution in [-0.2, 0) is 11.2 Å². The lowest BCUT2D eigenvalue weighted by atomic mass is 9.89. The van der Waals surface area contributed by atoms with Crippen LogP contribution >= 0.6 is 0 Å². The van der Waals surface area contributed by atoms with E-state index < -0.39 is 5.60 Å². The zero-order valence-electron chi connectivity index (χ0n) is 11.1. The average molecular weight is 265 g/mol. The fourth-order valence-electron chi connectivity index (χ4n) is 3.26. The Balaban J connectivity index is 1.73. The highest BCUT2D eigenvalue weighted by atomic mass is 16.6. The maximum absolute atomic E-state index is 12.9. The summed E-state index contributed by atoms with van der Waals surface area (Å²) in [7, 11) is 0. The Bertz CT molecular complexity index is 668. The summed E-state index contributed by atoms with van der Waals surface area (Å²) in [5, 5.41) is 0. The molecule has 2 unspecified atom stereocenters. The van der Waals surface area contributed by atoms with Crippen molar-refractivity contribution >= 4 is 5.78 Å². The molecule has 2 heterocycles. The van der Waals surface area contributed by atoms with Gasteiger partial charge in [0, 0.05) is 18.0 Å². The molecule has 3 heteroatoms. The second-order valence-electron chi connectivity index (χ2n) is 5.51. The van der Waals surface area contributed by atoms with Crippen molar-refractivity contribution in [3.8, 4) is 0 Å². The highest BCUT2D eigenvalue weighted by molar-refractivity contribution is 6.06. The van der Waals surface area contributed by atoms with Gasteiger partial charge in [0.05, 0.1) is 0 Å². The van der Waals surface area contributed by atoms with Crippen molar-refractivity contribution < 1.29 is 9.53 Å². The molecule has 3 nitrogen and oxygen atoms in total. The molecule has 1 aromatic carbocycles.